The number of nitriles is 1. The number of nitrogens with zero attached hydrogens (tertiary/aromatic N) is 3. The number of oxazole rings is 1. The molecule has 0 saturated heterocycles. The van der Waals surface area contributed by atoms with Crippen LogP contribution in [0.5, 0.6) is 0 Å². The number of hydrogen-bond donors (Lipinski definition) is 1. The van der Waals surface area contributed by atoms with E-state index in [-0.39, 0.29) is 17.4 Å². The first-order valence-electron chi connectivity index (χ1n) is 9.19. The lowest BCUT2D eigenvalue weighted by atomic mass is 9.96. The van der Waals surface area contributed by atoms with Gasteiger partial charge in [-0.05, 0) is 43.2 Å². The summed E-state index contributed by atoms with van der Waals surface area (Å²) in [5.41, 5.74) is 0.353. The number of alkyl halides is 3. The van der Waals surface area contributed by atoms with Gasteiger partial charge < -0.3 is 9.73 Å². The van der Waals surface area contributed by atoms with Crippen molar-refractivity contribution in [3.63, 3.8) is 0 Å². The van der Waals surface area contributed by atoms with Crippen LogP contribution >= 0.6 is 0 Å². The Bertz CT molecular complexity index is 1150. The lowest BCUT2D eigenvalue weighted by molar-refractivity contribution is -0.141. The van der Waals surface area contributed by atoms with Crippen LogP contribution in [0.25, 0.3) is 11.5 Å². The number of amides is 1. The molecule has 1 atom stereocenters. The predicted molar refractivity (Wildman–Crippen MR) is 99.0 cm³/mol. The predicted octanol–water partition coefficient (Wildman–Crippen LogP) is 4.43. The third-order valence-corrected chi connectivity index (χ3v) is 4.81. The van der Waals surface area contributed by atoms with Crippen LogP contribution in [0.4, 0.5) is 13.2 Å². The molecule has 0 spiro atoms. The number of aromatic nitrogens is 2. The SMILES string of the molecule is N#Cc1cccc(C(=O)N[C@H]2CCCc3oc(-c4ccnc(C(F)(F)F)c4)nc32)c1. The van der Waals surface area contributed by atoms with Crippen LogP contribution in [0.3, 0.4) is 0 Å². The fraction of sp³-hybridized carbons (Fsp3) is 0.238. The third kappa shape index (κ3) is 3.89. The molecule has 4 rings (SSSR count). The maximum Gasteiger partial charge on any atom is 0.433 e. The van der Waals surface area contributed by atoms with Gasteiger partial charge in [-0.2, -0.15) is 18.4 Å². The van der Waals surface area contributed by atoms with Crippen LogP contribution < -0.4 is 5.32 Å². The Morgan fingerprint density at radius 3 is 2.87 bits per heavy atom. The van der Waals surface area contributed by atoms with Gasteiger partial charge in [-0.3, -0.25) is 9.78 Å². The Balaban J connectivity index is 1.60. The Morgan fingerprint density at radius 2 is 2.10 bits per heavy atom. The van der Waals surface area contributed by atoms with Gasteiger partial charge in [-0.25, -0.2) is 4.98 Å². The molecule has 30 heavy (non-hydrogen) atoms. The molecule has 3 aromatic rings. The second-order valence-electron chi connectivity index (χ2n) is 6.87. The second kappa shape index (κ2) is 7.63. The zero-order valence-corrected chi connectivity index (χ0v) is 15.5. The molecule has 0 saturated carbocycles. The van der Waals surface area contributed by atoms with Crippen LogP contribution in [0.1, 0.15) is 52.0 Å². The largest absolute Gasteiger partial charge is 0.441 e. The molecule has 1 aromatic carbocycles. The van der Waals surface area contributed by atoms with Crippen molar-refractivity contribution in [1.29, 1.82) is 5.26 Å². The highest BCUT2D eigenvalue weighted by molar-refractivity contribution is 5.94. The summed E-state index contributed by atoms with van der Waals surface area (Å²) in [6, 6.07) is 10.1. The van der Waals surface area contributed by atoms with E-state index in [1.165, 1.54) is 12.1 Å². The first-order valence-corrected chi connectivity index (χ1v) is 9.19. The average molecular weight is 412 g/mol. The van der Waals surface area contributed by atoms with Gasteiger partial charge in [0.15, 0.2) is 0 Å². The molecular weight excluding hydrogens is 397 g/mol. The van der Waals surface area contributed by atoms with E-state index in [0.29, 0.717) is 35.4 Å². The van der Waals surface area contributed by atoms with Crippen molar-refractivity contribution in [1.82, 2.24) is 15.3 Å². The van der Waals surface area contributed by atoms with E-state index in [1.807, 2.05) is 6.07 Å². The van der Waals surface area contributed by atoms with Crippen LogP contribution in [0.2, 0.25) is 0 Å². The van der Waals surface area contributed by atoms with Gasteiger partial charge in [0.2, 0.25) is 5.89 Å². The quantitative estimate of drug-likeness (QED) is 0.687. The maximum absolute atomic E-state index is 13.0. The number of hydrogen-bond acceptors (Lipinski definition) is 5. The molecule has 1 aliphatic carbocycles. The number of carbonyl (C=O) groups excluding carboxylic acids is 1. The summed E-state index contributed by atoms with van der Waals surface area (Å²) in [4.78, 5) is 20.3. The highest BCUT2D eigenvalue weighted by Gasteiger charge is 2.33. The topological polar surface area (TPSA) is 91.8 Å². The number of fused-ring (bicyclic) bond motifs is 1. The van der Waals surface area contributed by atoms with Gasteiger partial charge >= 0.3 is 6.18 Å². The van der Waals surface area contributed by atoms with Gasteiger partial charge in [-0.15, -0.1) is 0 Å². The van der Waals surface area contributed by atoms with E-state index in [2.05, 4.69) is 15.3 Å². The molecule has 2 aromatic heterocycles. The zero-order chi connectivity index (χ0) is 21.3. The van der Waals surface area contributed by atoms with E-state index in [0.717, 1.165) is 18.7 Å². The van der Waals surface area contributed by atoms with Crippen LogP contribution in [0.15, 0.2) is 47.0 Å². The van der Waals surface area contributed by atoms with Crippen LogP contribution in [-0.2, 0) is 12.6 Å². The fourth-order valence-electron chi connectivity index (χ4n) is 3.37. The Kier molecular flexibility index (Phi) is 4.99. The van der Waals surface area contributed by atoms with Gasteiger partial charge in [0.1, 0.15) is 17.1 Å². The smallest absolute Gasteiger partial charge is 0.433 e. The molecule has 2 heterocycles. The molecule has 1 N–H and O–H groups in total. The lowest BCUT2D eigenvalue weighted by Crippen LogP contribution is -2.31. The van der Waals surface area contributed by atoms with E-state index >= 15 is 0 Å². The summed E-state index contributed by atoms with van der Waals surface area (Å²) in [5.74, 6) is 0.232. The molecule has 6 nitrogen and oxygen atoms in total. The minimum atomic E-state index is -4.57. The van der Waals surface area contributed by atoms with Crippen molar-refractivity contribution >= 4 is 5.91 Å². The fourth-order valence-corrected chi connectivity index (χ4v) is 3.37. The van der Waals surface area contributed by atoms with Crippen LogP contribution in [-0.4, -0.2) is 15.9 Å². The number of halogens is 3. The normalized spacial score (nSPS) is 15.9. The first kappa shape index (κ1) is 19.6. The lowest BCUT2D eigenvalue weighted by Gasteiger charge is -2.21. The molecule has 0 radical (unpaired) electrons. The van der Waals surface area contributed by atoms with E-state index in [4.69, 9.17) is 9.68 Å². The summed E-state index contributed by atoms with van der Waals surface area (Å²) in [6.07, 6.45) is -1.59. The van der Waals surface area contributed by atoms with Gasteiger partial charge in [0.25, 0.3) is 5.91 Å². The van der Waals surface area contributed by atoms with Crippen molar-refractivity contribution in [3.05, 3.63) is 70.9 Å². The summed E-state index contributed by atoms with van der Waals surface area (Å²) in [5, 5.41) is 11.9. The molecule has 0 unspecified atom stereocenters. The Labute approximate surface area is 169 Å². The van der Waals surface area contributed by atoms with Crippen molar-refractivity contribution in [2.45, 2.75) is 31.5 Å². The summed E-state index contributed by atoms with van der Waals surface area (Å²) >= 11 is 0. The van der Waals surface area contributed by atoms with Gasteiger partial charge in [0.05, 0.1) is 17.7 Å². The molecule has 9 heteroatoms. The van der Waals surface area contributed by atoms with Crippen molar-refractivity contribution in [2.24, 2.45) is 0 Å². The molecule has 0 aliphatic heterocycles. The van der Waals surface area contributed by atoms with Crippen molar-refractivity contribution in [3.8, 4) is 17.5 Å². The van der Waals surface area contributed by atoms with Gasteiger partial charge in [0, 0.05) is 23.7 Å². The van der Waals surface area contributed by atoms with E-state index in [9.17, 15) is 18.0 Å². The molecule has 0 bridgehead atoms. The number of aryl methyl sites for hydroxylation is 1. The molecule has 1 aliphatic rings. The highest BCUT2D eigenvalue weighted by Crippen LogP contribution is 2.35. The number of carbonyl (C=O) groups is 1. The van der Waals surface area contributed by atoms with E-state index < -0.39 is 17.9 Å². The number of pyridine rings is 1. The Hall–Kier alpha value is -3.67. The standard InChI is InChI=1S/C21H15F3N4O2/c22-21(23,24)17-10-14(7-8-26-17)20-28-18-15(5-2-6-16(18)30-20)27-19(29)13-4-1-3-12(9-13)11-25/h1,3-4,7-10,15H,2,5-6H2,(H,27,29)/t15-/m0/s1. The van der Waals surface area contributed by atoms with Crippen LogP contribution in [0, 0.1) is 11.3 Å². The third-order valence-electron chi connectivity index (χ3n) is 4.81. The number of nitrogens with one attached hydrogen (secondary N) is 1. The van der Waals surface area contributed by atoms with Crippen molar-refractivity contribution in [2.75, 3.05) is 0 Å². The minimum Gasteiger partial charge on any atom is -0.441 e. The molecule has 1 amide bonds. The number of rotatable bonds is 3. The maximum atomic E-state index is 13.0. The second-order valence-corrected chi connectivity index (χ2v) is 6.87. The summed E-state index contributed by atoms with van der Waals surface area (Å²) in [7, 11) is 0. The number of benzene rings is 1. The minimum absolute atomic E-state index is 0.0560. The molecular formula is C21H15F3N4O2. The zero-order valence-electron chi connectivity index (χ0n) is 15.5. The van der Waals surface area contributed by atoms with E-state index in [1.54, 1.807) is 18.2 Å². The van der Waals surface area contributed by atoms with Crippen molar-refractivity contribution < 1.29 is 22.4 Å². The average Bonchev–Trinajstić information content (AvgIpc) is 3.19. The monoisotopic (exact) mass is 412 g/mol. The molecule has 0 fully saturated rings. The summed E-state index contributed by atoms with van der Waals surface area (Å²) < 4.78 is 44.6. The Morgan fingerprint density at radius 1 is 1.27 bits per heavy atom. The van der Waals surface area contributed by atoms with Gasteiger partial charge in [-0.1, -0.05) is 6.07 Å². The first-order chi connectivity index (χ1) is 14.3. The molecule has 152 valence electrons. The summed E-state index contributed by atoms with van der Waals surface area (Å²) in [6.45, 7) is 0. The highest BCUT2D eigenvalue weighted by atomic mass is 19.4.